The van der Waals surface area contributed by atoms with E-state index in [1.807, 2.05) is 0 Å². The number of carbonyl (C=O) groups is 1. The van der Waals surface area contributed by atoms with Crippen molar-refractivity contribution in [3.8, 4) is 0 Å². The number of carbonyl (C=O) groups excluding carboxylic acids is 1. The molecule has 0 radical (unpaired) electrons. The van der Waals surface area contributed by atoms with Gasteiger partial charge in [-0.25, -0.2) is 0 Å². The molecule has 6 nitrogen and oxygen atoms in total. The Hall–Kier alpha value is -0.690. The second-order valence-corrected chi connectivity index (χ2v) is 3.90. The maximum Gasteiger partial charge on any atom is 0.219 e. The van der Waals surface area contributed by atoms with Crippen LogP contribution in [0.5, 0.6) is 0 Å². The van der Waals surface area contributed by atoms with Crippen molar-refractivity contribution in [3.63, 3.8) is 0 Å². The third-order valence-electron chi connectivity index (χ3n) is 2.20. The molecule has 0 saturated carbocycles. The van der Waals surface area contributed by atoms with Crippen LogP contribution in [0.3, 0.4) is 0 Å². The number of amides is 1. The monoisotopic (exact) mass is 262 g/mol. The molecule has 0 aliphatic rings. The Morgan fingerprint density at radius 1 is 0.778 bits per heavy atom. The second kappa shape index (κ2) is 14.4. The Kier molecular flexibility index (Phi) is 13.8. The molecule has 0 unspecified atom stereocenters. The van der Waals surface area contributed by atoms with Gasteiger partial charge in [-0.3, -0.25) is 4.79 Å². The quantitative estimate of drug-likeness (QED) is 0.431. The smallest absolute Gasteiger partial charge is 0.219 e. The zero-order chi connectivity index (χ0) is 13.5. The lowest BCUT2D eigenvalue weighted by atomic mass is 10.2. The van der Waals surface area contributed by atoms with Crippen LogP contribution in [-0.4, -0.2) is 52.1 Å². The van der Waals surface area contributed by atoms with Crippen molar-refractivity contribution in [3.05, 3.63) is 0 Å². The van der Waals surface area contributed by atoms with E-state index in [0.717, 1.165) is 25.9 Å². The van der Waals surface area contributed by atoms with Gasteiger partial charge < -0.3 is 25.7 Å². The highest BCUT2D eigenvalue weighted by Gasteiger charge is 1.95. The number of ether oxygens (including phenoxy) is 3. The van der Waals surface area contributed by atoms with Crippen molar-refractivity contribution in [1.29, 1.82) is 0 Å². The van der Waals surface area contributed by atoms with Crippen LogP contribution in [-0.2, 0) is 19.0 Å². The van der Waals surface area contributed by atoms with E-state index < -0.39 is 0 Å². The van der Waals surface area contributed by atoms with Crippen molar-refractivity contribution in [2.24, 2.45) is 11.5 Å². The third-order valence-corrected chi connectivity index (χ3v) is 2.20. The van der Waals surface area contributed by atoms with E-state index in [1.165, 1.54) is 0 Å². The fourth-order valence-electron chi connectivity index (χ4n) is 1.27. The van der Waals surface area contributed by atoms with Gasteiger partial charge in [0.05, 0.1) is 26.4 Å². The highest BCUT2D eigenvalue weighted by molar-refractivity contribution is 5.73. The average Bonchev–Trinajstić information content (AvgIpc) is 2.34. The van der Waals surface area contributed by atoms with E-state index in [9.17, 15) is 4.79 Å². The zero-order valence-corrected chi connectivity index (χ0v) is 11.1. The molecule has 18 heavy (non-hydrogen) atoms. The first kappa shape index (κ1) is 17.3. The fraction of sp³-hybridized carbons (Fsp3) is 0.917. The number of rotatable bonds is 14. The third kappa shape index (κ3) is 15.3. The predicted molar refractivity (Wildman–Crippen MR) is 69.2 cm³/mol. The highest BCUT2D eigenvalue weighted by Crippen LogP contribution is 1.97. The van der Waals surface area contributed by atoms with Crippen molar-refractivity contribution in [2.75, 3.05) is 46.2 Å². The minimum atomic E-state index is -0.319. The molecule has 0 fully saturated rings. The van der Waals surface area contributed by atoms with Crippen molar-refractivity contribution in [2.45, 2.75) is 25.7 Å². The maximum atomic E-state index is 10.4. The molecule has 0 aliphatic carbocycles. The summed E-state index contributed by atoms with van der Waals surface area (Å²) in [6.07, 6.45) is 3.34. The van der Waals surface area contributed by atoms with Crippen LogP contribution in [0.25, 0.3) is 0 Å². The van der Waals surface area contributed by atoms with Crippen molar-refractivity contribution < 1.29 is 19.0 Å². The van der Waals surface area contributed by atoms with Crippen LogP contribution in [0.2, 0.25) is 0 Å². The summed E-state index contributed by atoms with van der Waals surface area (Å²) in [6, 6.07) is 0. The van der Waals surface area contributed by atoms with Gasteiger partial charge in [-0.1, -0.05) is 0 Å². The van der Waals surface area contributed by atoms with Crippen LogP contribution in [0.4, 0.5) is 0 Å². The summed E-state index contributed by atoms with van der Waals surface area (Å²) >= 11 is 0. The van der Waals surface area contributed by atoms with E-state index in [4.69, 9.17) is 25.7 Å². The van der Waals surface area contributed by atoms with Gasteiger partial charge in [0.2, 0.25) is 5.91 Å². The molecule has 0 aromatic carbocycles. The molecule has 4 N–H and O–H groups in total. The molecule has 0 bridgehead atoms. The van der Waals surface area contributed by atoms with Crippen LogP contribution in [0.15, 0.2) is 0 Å². The maximum absolute atomic E-state index is 10.4. The van der Waals surface area contributed by atoms with Gasteiger partial charge in [0, 0.05) is 26.2 Å². The minimum Gasteiger partial charge on any atom is -0.381 e. The van der Waals surface area contributed by atoms with Crippen LogP contribution >= 0.6 is 0 Å². The van der Waals surface area contributed by atoms with Crippen LogP contribution < -0.4 is 11.5 Å². The summed E-state index contributed by atoms with van der Waals surface area (Å²) in [7, 11) is 0. The van der Waals surface area contributed by atoms with Crippen molar-refractivity contribution in [1.82, 2.24) is 0 Å². The van der Waals surface area contributed by atoms with Gasteiger partial charge in [0.25, 0.3) is 0 Å². The molecule has 108 valence electrons. The minimum absolute atomic E-state index is 0.298. The molecule has 0 atom stereocenters. The van der Waals surface area contributed by atoms with E-state index in [1.54, 1.807) is 0 Å². The van der Waals surface area contributed by atoms with Crippen molar-refractivity contribution >= 4 is 5.91 Å². The average molecular weight is 262 g/mol. The predicted octanol–water partition coefficient (Wildman–Crippen LogP) is 0.0406. The number of hydrogen-bond donors (Lipinski definition) is 2. The van der Waals surface area contributed by atoms with Crippen LogP contribution in [0, 0.1) is 0 Å². The Bertz CT molecular complexity index is 191. The highest BCUT2D eigenvalue weighted by atomic mass is 16.5. The largest absolute Gasteiger partial charge is 0.381 e. The van der Waals surface area contributed by atoms with E-state index >= 15 is 0 Å². The van der Waals surface area contributed by atoms with Gasteiger partial charge in [-0.05, 0) is 19.3 Å². The molecule has 6 heteroatoms. The molecular weight excluding hydrogens is 236 g/mol. The lowest BCUT2D eigenvalue weighted by Crippen LogP contribution is -2.13. The molecule has 0 heterocycles. The van der Waals surface area contributed by atoms with Gasteiger partial charge in [0.1, 0.15) is 0 Å². The molecule has 0 aromatic rings. The lowest BCUT2D eigenvalue weighted by Gasteiger charge is -2.05. The van der Waals surface area contributed by atoms with Gasteiger partial charge in [-0.15, -0.1) is 0 Å². The normalized spacial score (nSPS) is 10.7. The van der Waals surface area contributed by atoms with Gasteiger partial charge >= 0.3 is 0 Å². The standard InChI is InChI=1S/C12H26N2O4/c13-5-9-18-11-10-17-7-3-1-2-6-16-8-4-12(14)15/h1-11,13H2,(H2,14,15). The molecule has 1 amide bonds. The number of nitrogens with two attached hydrogens (primary N) is 2. The topological polar surface area (TPSA) is 96.8 Å². The summed E-state index contributed by atoms with van der Waals surface area (Å²) in [4.78, 5) is 10.4. The first-order valence-electron chi connectivity index (χ1n) is 6.49. The first-order chi connectivity index (χ1) is 8.77. The summed E-state index contributed by atoms with van der Waals surface area (Å²) in [5, 5.41) is 0. The first-order valence-corrected chi connectivity index (χ1v) is 6.49. The van der Waals surface area contributed by atoms with E-state index in [0.29, 0.717) is 46.0 Å². The van der Waals surface area contributed by atoms with Gasteiger partial charge in [0.15, 0.2) is 0 Å². The zero-order valence-electron chi connectivity index (χ0n) is 11.1. The second-order valence-electron chi connectivity index (χ2n) is 3.90. The van der Waals surface area contributed by atoms with Crippen LogP contribution in [0.1, 0.15) is 25.7 Å². The Balaban J connectivity index is 2.92. The number of hydrogen-bond acceptors (Lipinski definition) is 5. The molecular formula is C12H26N2O4. The molecule has 0 spiro atoms. The molecule has 0 aliphatic heterocycles. The number of unbranched alkanes of at least 4 members (excludes halogenated alkanes) is 2. The van der Waals surface area contributed by atoms with E-state index in [-0.39, 0.29) is 5.91 Å². The summed E-state index contributed by atoms with van der Waals surface area (Å²) in [5.41, 5.74) is 10.3. The summed E-state index contributed by atoms with van der Waals surface area (Å²) < 4.78 is 15.8. The number of primary amides is 1. The molecule has 0 rings (SSSR count). The van der Waals surface area contributed by atoms with Gasteiger partial charge in [-0.2, -0.15) is 0 Å². The molecule has 0 saturated heterocycles. The Labute approximate surface area is 109 Å². The Morgan fingerprint density at radius 2 is 1.33 bits per heavy atom. The van der Waals surface area contributed by atoms with E-state index in [2.05, 4.69) is 0 Å². The summed E-state index contributed by atoms with van der Waals surface area (Å²) in [5.74, 6) is -0.319. The fourth-order valence-corrected chi connectivity index (χ4v) is 1.27. The molecule has 0 aromatic heterocycles. The lowest BCUT2D eigenvalue weighted by molar-refractivity contribution is -0.119. The SMILES string of the molecule is NCCOCCOCCCCCOCCC(N)=O. The Morgan fingerprint density at radius 3 is 1.89 bits per heavy atom. The summed E-state index contributed by atoms with van der Waals surface area (Å²) in [6.45, 7) is 4.20.